The minimum absolute atomic E-state index is 0.0786. The summed E-state index contributed by atoms with van der Waals surface area (Å²) in [4.78, 5) is 44.9. The molecule has 3 aromatic carbocycles. The maximum absolute atomic E-state index is 14.1. The van der Waals surface area contributed by atoms with E-state index >= 15 is 0 Å². The average Bonchev–Trinajstić information content (AvgIpc) is 3.48. The molecule has 43 heavy (non-hydrogen) atoms. The van der Waals surface area contributed by atoms with E-state index in [1.807, 2.05) is 48.5 Å². The van der Waals surface area contributed by atoms with Gasteiger partial charge >= 0.3 is 6.03 Å². The molecule has 4 amide bonds. The lowest BCUT2D eigenvalue weighted by Gasteiger charge is -2.55. The molecule has 11 nitrogen and oxygen atoms in total. The second-order valence-corrected chi connectivity index (χ2v) is 10.7. The van der Waals surface area contributed by atoms with Crippen LogP contribution in [0.25, 0.3) is 10.9 Å². The highest BCUT2D eigenvalue weighted by Crippen LogP contribution is 2.30. The number of phenolic OH excluding ortho intramolecular Hbond substituents is 1. The van der Waals surface area contributed by atoms with Gasteiger partial charge in [-0.15, -0.1) is 6.58 Å². The summed E-state index contributed by atoms with van der Waals surface area (Å²) in [6.07, 6.45) is 2.67. The number of nitrogens with one attached hydrogen (secondary N) is 1. The fraction of sp³-hybridized carbons (Fsp3) is 0.250. The Labute approximate surface area is 248 Å². The van der Waals surface area contributed by atoms with Crippen LogP contribution >= 0.6 is 0 Å². The largest absolute Gasteiger partial charge is 0.508 e. The summed E-state index contributed by atoms with van der Waals surface area (Å²) < 4.78 is 5.08. The Balaban J connectivity index is 1.34. The number of piperazine rings is 1. The molecule has 3 heterocycles. The molecule has 0 saturated carbocycles. The molecule has 6 rings (SSSR count). The van der Waals surface area contributed by atoms with Crippen LogP contribution in [0.15, 0.2) is 96.2 Å². The number of fused-ring (bicyclic) bond motifs is 2. The van der Waals surface area contributed by atoms with Crippen molar-refractivity contribution in [3.63, 3.8) is 0 Å². The number of hydrogen-bond acceptors (Lipinski definition) is 7. The van der Waals surface area contributed by atoms with Crippen LogP contribution in [0.2, 0.25) is 0 Å². The van der Waals surface area contributed by atoms with Crippen molar-refractivity contribution >= 4 is 28.7 Å². The van der Waals surface area contributed by atoms with E-state index in [-0.39, 0.29) is 56.2 Å². The summed E-state index contributed by atoms with van der Waals surface area (Å²) in [6, 6.07) is 20.6. The molecule has 0 bridgehead atoms. The molecule has 2 aliphatic heterocycles. The summed E-state index contributed by atoms with van der Waals surface area (Å²) in [5.74, 6) is -0.357. The van der Waals surface area contributed by atoms with Crippen molar-refractivity contribution in [1.29, 1.82) is 0 Å². The van der Waals surface area contributed by atoms with E-state index in [2.05, 4.69) is 17.1 Å². The molecule has 2 aliphatic rings. The first-order valence-corrected chi connectivity index (χ1v) is 14.1. The van der Waals surface area contributed by atoms with Gasteiger partial charge in [0, 0.05) is 31.4 Å². The maximum Gasteiger partial charge on any atom is 0.334 e. The number of carbonyl (C=O) groups is 3. The maximum atomic E-state index is 14.1. The average molecular weight is 581 g/mol. The van der Waals surface area contributed by atoms with Crippen molar-refractivity contribution in [3.05, 3.63) is 108 Å². The number of hydrogen-bond donors (Lipinski definition) is 2. The predicted octanol–water partition coefficient (Wildman–Crippen LogP) is 3.27. The van der Waals surface area contributed by atoms with Crippen LogP contribution in [0.1, 0.15) is 16.7 Å². The number of nitrogens with zero attached hydrogens (tertiary/aromatic N) is 5. The molecule has 220 valence electrons. The van der Waals surface area contributed by atoms with Crippen molar-refractivity contribution < 1.29 is 24.0 Å². The van der Waals surface area contributed by atoms with Gasteiger partial charge in [0.15, 0.2) is 0 Å². The van der Waals surface area contributed by atoms with Gasteiger partial charge in [0.2, 0.25) is 11.8 Å². The fourth-order valence-electron chi connectivity index (χ4n) is 5.79. The summed E-state index contributed by atoms with van der Waals surface area (Å²) in [7, 11) is 0. The third kappa shape index (κ3) is 5.80. The number of phenols is 1. The Morgan fingerprint density at radius 3 is 2.58 bits per heavy atom. The molecule has 2 atom stereocenters. The van der Waals surface area contributed by atoms with Crippen LogP contribution in [0.5, 0.6) is 5.75 Å². The molecule has 0 radical (unpaired) electrons. The molecule has 0 aliphatic carbocycles. The second kappa shape index (κ2) is 12.0. The molecule has 2 N–H and O–H groups in total. The first kappa shape index (κ1) is 28.0. The molecule has 0 unspecified atom stereocenters. The Morgan fingerprint density at radius 1 is 1.05 bits per heavy atom. The molecule has 2 saturated heterocycles. The highest BCUT2D eigenvalue weighted by molar-refractivity contribution is 5.92. The van der Waals surface area contributed by atoms with Crippen molar-refractivity contribution in [2.24, 2.45) is 0 Å². The molecular formula is C32H32N6O5. The Kier molecular flexibility index (Phi) is 7.80. The lowest BCUT2D eigenvalue weighted by Crippen LogP contribution is -2.76. The van der Waals surface area contributed by atoms with Crippen LogP contribution in [0.3, 0.4) is 0 Å². The molecule has 1 aromatic heterocycles. The quantitative estimate of drug-likeness (QED) is 0.307. The van der Waals surface area contributed by atoms with E-state index in [9.17, 15) is 19.5 Å². The number of rotatable bonds is 8. The first-order chi connectivity index (χ1) is 20.9. The molecule has 4 aromatic rings. The summed E-state index contributed by atoms with van der Waals surface area (Å²) >= 11 is 0. The van der Waals surface area contributed by atoms with Crippen molar-refractivity contribution in [1.82, 2.24) is 30.3 Å². The van der Waals surface area contributed by atoms with Crippen LogP contribution in [0, 0.1) is 0 Å². The number of carbonyl (C=O) groups excluding carboxylic acids is 3. The summed E-state index contributed by atoms with van der Waals surface area (Å²) in [5, 5.41) is 20.8. The zero-order valence-corrected chi connectivity index (χ0v) is 23.5. The SMILES string of the molecule is C=CCN1CC(=O)N2[C@@H](Cc3ccc(O)cc3)C(=O)N(Cc3ccc4nocc4c3)C[C@@H]2N1C(=O)NCc1ccccc1. The van der Waals surface area contributed by atoms with Gasteiger partial charge < -0.3 is 24.7 Å². The first-order valence-electron chi connectivity index (χ1n) is 14.1. The topological polar surface area (TPSA) is 122 Å². The van der Waals surface area contributed by atoms with E-state index in [1.165, 1.54) is 0 Å². The van der Waals surface area contributed by atoms with Crippen LogP contribution < -0.4 is 5.32 Å². The van der Waals surface area contributed by atoms with Gasteiger partial charge in [0.25, 0.3) is 0 Å². The van der Waals surface area contributed by atoms with E-state index < -0.39 is 12.2 Å². The Morgan fingerprint density at radius 2 is 1.81 bits per heavy atom. The Hall–Kier alpha value is -5.16. The standard InChI is InChI=1S/C32H32N6O5/c1-2-14-36-20-30(40)37-28(16-22-8-11-26(39)12-9-22)31(41)35(18-24-10-13-27-25(15-24)21-43-34-27)19-29(37)38(36)32(42)33-17-23-6-4-3-5-7-23/h2-13,15,21,28-29,39H,1,14,16-20H2,(H,33,42)/t28-,29-/m0/s1. The number of amides is 4. The summed E-state index contributed by atoms with van der Waals surface area (Å²) in [6.45, 7) is 4.71. The van der Waals surface area contributed by atoms with Gasteiger partial charge in [-0.3, -0.25) is 9.59 Å². The van der Waals surface area contributed by atoms with Crippen LogP contribution in [0.4, 0.5) is 4.79 Å². The van der Waals surface area contributed by atoms with E-state index in [0.29, 0.717) is 12.1 Å². The minimum atomic E-state index is -0.856. The zero-order valence-electron chi connectivity index (χ0n) is 23.5. The number of aromatic hydroxyl groups is 1. The molecular weight excluding hydrogens is 548 g/mol. The highest BCUT2D eigenvalue weighted by Gasteiger charge is 2.51. The number of urea groups is 1. The van der Waals surface area contributed by atoms with Gasteiger partial charge in [-0.1, -0.05) is 59.8 Å². The third-order valence-electron chi connectivity index (χ3n) is 7.83. The number of benzene rings is 3. The van der Waals surface area contributed by atoms with Crippen molar-refractivity contribution in [2.75, 3.05) is 19.6 Å². The van der Waals surface area contributed by atoms with Crippen LogP contribution in [-0.2, 0) is 29.1 Å². The Bertz CT molecular complexity index is 1640. The van der Waals surface area contributed by atoms with Gasteiger partial charge in [0.1, 0.15) is 29.7 Å². The number of aromatic nitrogens is 1. The van der Waals surface area contributed by atoms with Gasteiger partial charge in [-0.25, -0.2) is 14.8 Å². The lowest BCUT2D eigenvalue weighted by molar-refractivity contribution is -0.189. The van der Waals surface area contributed by atoms with E-state index in [0.717, 1.165) is 22.1 Å². The molecule has 0 spiro atoms. The highest BCUT2D eigenvalue weighted by atomic mass is 16.5. The zero-order chi connectivity index (χ0) is 29.9. The predicted molar refractivity (Wildman–Crippen MR) is 158 cm³/mol. The molecule has 2 fully saturated rings. The van der Waals surface area contributed by atoms with Gasteiger partial charge in [0.05, 0.1) is 13.1 Å². The lowest BCUT2D eigenvalue weighted by atomic mass is 9.98. The van der Waals surface area contributed by atoms with Gasteiger partial charge in [-0.05, 0) is 41.0 Å². The monoisotopic (exact) mass is 580 g/mol. The number of hydrazine groups is 1. The summed E-state index contributed by atoms with van der Waals surface area (Å²) in [5.41, 5.74) is 3.30. The van der Waals surface area contributed by atoms with E-state index in [1.54, 1.807) is 56.4 Å². The normalized spacial score (nSPS) is 19.0. The van der Waals surface area contributed by atoms with Crippen LogP contribution in [-0.4, -0.2) is 79.8 Å². The van der Waals surface area contributed by atoms with E-state index in [4.69, 9.17) is 4.52 Å². The van der Waals surface area contributed by atoms with Crippen molar-refractivity contribution in [3.8, 4) is 5.75 Å². The smallest absolute Gasteiger partial charge is 0.334 e. The molecule has 11 heteroatoms. The van der Waals surface area contributed by atoms with Crippen molar-refractivity contribution in [2.45, 2.75) is 31.7 Å². The third-order valence-corrected chi connectivity index (χ3v) is 7.83. The van der Waals surface area contributed by atoms with Gasteiger partial charge in [-0.2, -0.15) is 0 Å². The minimum Gasteiger partial charge on any atom is -0.508 e. The second-order valence-electron chi connectivity index (χ2n) is 10.7. The fourth-order valence-corrected chi connectivity index (χ4v) is 5.79.